The zero-order valence-corrected chi connectivity index (χ0v) is 13.9. The minimum Gasteiger partial charge on any atom is -0.451 e. The number of fused-ring (bicyclic) bond motifs is 2. The molecule has 0 radical (unpaired) electrons. The van der Waals surface area contributed by atoms with Crippen molar-refractivity contribution in [2.24, 2.45) is 11.0 Å². The number of nitrogens with zero attached hydrogens (tertiary/aromatic N) is 3. The largest absolute Gasteiger partial charge is 0.451 e. The van der Waals surface area contributed by atoms with Crippen molar-refractivity contribution in [1.29, 1.82) is 5.41 Å². The van der Waals surface area contributed by atoms with Gasteiger partial charge in [-0.3, -0.25) is 10.8 Å². The molecule has 0 aliphatic carbocycles. The van der Waals surface area contributed by atoms with Crippen LogP contribution in [0.4, 0.5) is 0 Å². The summed E-state index contributed by atoms with van der Waals surface area (Å²) in [4.78, 5) is 4.26. The highest BCUT2D eigenvalue weighted by molar-refractivity contribution is 9.10. The number of ether oxygens (including phenoxy) is 1. The monoisotopic (exact) mass is 374 g/mol. The SMILES string of the molecule is CC1=NNC2Oc3ncn(N)c(=N)c3C(c3ccccc3Br)C12. The van der Waals surface area contributed by atoms with Crippen LogP contribution in [0.5, 0.6) is 5.88 Å². The van der Waals surface area contributed by atoms with Gasteiger partial charge in [-0.25, -0.2) is 9.66 Å². The summed E-state index contributed by atoms with van der Waals surface area (Å²) in [7, 11) is 0. The van der Waals surface area contributed by atoms with Gasteiger partial charge in [0.25, 0.3) is 0 Å². The smallest absolute Gasteiger partial charge is 0.224 e. The fourth-order valence-corrected chi connectivity index (χ4v) is 3.82. The Morgan fingerprint density at radius 1 is 1.39 bits per heavy atom. The minimum atomic E-state index is -0.292. The van der Waals surface area contributed by atoms with Crippen LogP contribution in [0.2, 0.25) is 0 Å². The number of rotatable bonds is 1. The summed E-state index contributed by atoms with van der Waals surface area (Å²) in [5.74, 6) is 6.14. The first-order valence-corrected chi connectivity index (χ1v) is 7.99. The second-order valence-corrected chi connectivity index (χ2v) is 6.52. The summed E-state index contributed by atoms with van der Waals surface area (Å²) in [6.07, 6.45) is 1.10. The van der Waals surface area contributed by atoms with E-state index in [4.69, 9.17) is 16.0 Å². The summed E-state index contributed by atoms with van der Waals surface area (Å²) < 4.78 is 8.10. The van der Waals surface area contributed by atoms with E-state index in [1.807, 2.05) is 31.2 Å². The lowest BCUT2D eigenvalue weighted by atomic mass is 9.77. The fourth-order valence-electron chi connectivity index (χ4n) is 3.29. The first-order chi connectivity index (χ1) is 11.1. The van der Waals surface area contributed by atoms with Crippen molar-refractivity contribution in [1.82, 2.24) is 15.1 Å². The number of nitrogens with two attached hydrogens (primary N) is 1. The Bertz CT molecular complexity index is 877. The molecule has 1 aromatic heterocycles. The molecule has 4 rings (SSSR count). The summed E-state index contributed by atoms with van der Waals surface area (Å²) in [5, 5.41) is 12.7. The molecule has 2 aliphatic heterocycles. The van der Waals surface area contributed by atoms with Gasteiger partial charge >= 0.3 is 0 Å². The summed E-state index contributed by atoms with van der Waals surface area (Å²) in [6, 6.07) is 7.98. The average Bonchev–Trinajstić information content (AvgIpc) is 2.91. The van der Waals surface area contributed by atoms with E-state index >= 15 is 0 Å². The molecule has 8 heteroatoms. The van der Waals surface area contributed by atoms with Crippen LogP contribution in [0.1, 0.15) is 24.0 Å². The second kappa shape index (κ2) is 5.09. The van der Waals surface area contributed by atoms with Crippen LogP contribution in [0.3, 0.4) is 0 Å². The molecule has 118 valence electrons. The third-order valence-electron chi connectivity index (χ3n) is 4.37. The highest BCUT2D eigenvalue weighted by Crippen LogP contribution is 2.44. The van der Waals surface area contributed by atoms with Crippen molar-refractivity contribution < 1.29 is 4.74 Å². The molecule has 0 saturated heterocycles. The van der Waals surface area contributed by atoms with Gasteiger partial charge in [0.15, 0.2) is 11.7 Å². The molecule has 3 atom stereocenters. The third-order valence-corrected chi connectivity index (χ3v) is 5.09. The van der Waals surface area contributed by atoms with Gasteiger partial charge in [0, 0.05) is 16.1 Å². The van der Waals surface area contributed by atoms with Crippen LogP contribution < -0.4 is 21.5 Å². The molecule has 1 aromatic carbocycles. The molecule has 2 aliphatic rings. The molecule has 3 heterocycles. The lowest BCUT2D eigenvalue weighted by Crippen LogP contribution is -2.46. The normalized spacial score (nSPS) is 25.0. The van der Waals surface area contributed by atoms with E-state index in [1.54, 1.807) is 0 Å². The lowest BCUT2D eigenvalue weighted by molar-refractivity contribution is 0.108. The van der Waals surface area contributed by atoms with E-state index in [-0.39, 0.29) is 23.6 Å². The van der Waals surface area contributed by atoms with Gasteiger partial charge in [-0.05, 0) is 18.6 Å². The van der Waals surface area contributed by atoms with Crippen molar-refractivity contribution in [3.05, 3.63) is 51.7 Å². The lowest BCUT2D eigenvalue weighted by Gasteiger charge is -2.35. The number of halogens is 1. The molecular formula is C15H15BrN6O. The van der Waals surface area contributed by atoms with Gasteiger partial charge in [0.1, 0.15) is 6.33 Å². The van der Waals surface area contributed by atoms with Crippen LogP contribution in [-0.4, -0.2) is 21.6 Å². The van der Waals surface area contributed by atoms with E-state index in [2.05, 4.69) is 31.4 Å². The molecule has 0 spiro atoms. The van der Waals surface area contributed by atoms with E-state index in [1.165, 1.54) is 11.0 Å². The van der Waals surface area contributed by atoms with Crippen molar-refractivity contribution in [3.63, 3.8) is 0 Å². The highest BCUT2D eigenvalue weighted by Gasteiger charge is 2.46. The number of aromatic nitrogens is 2. The number of nitrogen functional groups attached to an aromatic ring is 1. The Morgan fingerprint density at radius 2 is 2.17 bits per heavy atom. The minimum absolute atomic E-state index is 0.0190. The van der Waals surface area contributed by atoms with Gasteiger partial charge in [0.2, 0.25) is 5.88 Å². The molecule has 0 bridgehead atoms. The molecule has 23 heavy (non-hydrogen) atoms. The van der Waals surface area contributed by atoms with Crippen molar-refractivity contribution in [3.8, 4) is 5.88 Å². The average molecular weight is 375 g/mol. The Labute approximate surface area is 140 Å². The Kier molecular flexibility index (Phi) is 3.15. The number of hydrogen-bond acceptors (Lipinski definition) is 6. The van der Waals surface area contributed by atoms with Crippen LogP contribution in [-0.2, 0) is 0 Å². The number of hydrazone groups is 1. The maximum atomic E-state index is 8.38. The molecule has 0 fully saturated rings. The second-order valence-electron chi connectivity index (χ2n) is 5.66. The zero-order chi connectivity index (χ0) is 16.1. The molecular weight excluding hydrogens is 360 g/mol. The zero-order valence-electron chi connectivity index (χ0n) is 12.3. The van der Waals surface area contributed by atoms with E-state index in [0.29, 0.717) is 11.4 Å². The predicted molar refractivity (Wildman–Crippen MR) is 88.4 cm³/mol. The van der Waals surface area contributed by atoms with Gasteiger partial charge < -0.3 is 10.6 Å². The molecule has 3 unspecified atom stereocenters. The first-order valence-electron chi connectivity index (χ1n) is 7.20. The maximum Gasteiger partial charge on any atom is 0.224 e. The van der Waals surface area contributed by atoms with Crippen LogP contribution in [0.15, 0.2) is 40.2 Å². The number of hydrogen-bond donors (Lipinski definition) is 3. The quantitative estimate of drug-likeness (QED) is 0.654. The van der Waals surface area contributed by atoms with Crippen molar-refractivity contribution >= 4 is 21.6 Å². The van der Waals surface area contributed by atoms with Gasteiger partial charge in [-0.2, -0.15) is 5.10 Å². The third kappa shape index (κ3) is 2.05. The van der Waals surface area contributed by atoms with E-state index < -0.39 is 0 Å². The van der Waals surface area contributed by atoms with Crippen molar-refractivity contribution in [2.75, 3.05) is 5.84 Å². The molecule has 2 aromatic rings. The predicted octanol–water partition coefficient (Wildman–Crippen LogP) is 1.28. The van der Waals surface area contributed by atoms with Crippen molar-refractivity contribution in [2.45, 2.75) is 19.1 Å². The molecule has 4 N–H and O–H groups in total. The Balaban J connectivity index is 2.01. The Morgan fingerprint density at radius 3 is 2.96 bits per heavy atom. The van der Waals surface area contributed by atoms with E-state index in [0.717, 1.165) is 15.7 Å². The van der Waals surface area contributed by atoms with Crippen LogP contribution in [0.25, 0.3) is 0 Å². The van der Waals surface area contributed by atoms with Crippen LogP contribution in [0, 0.1) is 11.3 Å². The van der Waals surface area contributed by atoms with Crippen LogP contribution >= 0.6 is 15.9 Å². The maximum absolute atomic E-state index is 8.38. The molecule has 0 saturated carbocycles. The van der Waals surface area contributed by atoms with Gasteiger partial charge in [0.05, 0.1) is 11.5 Å². The number of benzene rings is 1. The first kappa shape index (κ1) is 14.3. The summed E-state index contributed by atoms with van der Waals surface area (Å²) in [5.41, 5.74) is 5.88. The van der Waals surface area contributed by atoms with E-state index in [9.17, 15) is 0 Å². The topological polar surface area (TPSA) is 101 Å². The fraction of sp³-hybridized carbons (Fsp3) is 0.267. The summed E-state index contributed by atoms with van der Waals surface area (Å²) in [6.45, 7) is 1.96. The standard InChI is InChI=1S/C15H15BrN6O/c1-7-10-11(8-4-2-3-5-9(8)16)12-13(17)22(18)6-19-14(12)23-15(10)21-20-7/h2-6,10-11,15,17,21H,18H2,1H3. The van der Waals surface area contributed by atoms with Gasteiger partial charge in [-0.15, -0.1) is 0 Å². The molecule has 7 nitrogen and oxygen atoms in total. The van der Waals surface area contributed by atoms with Gasteiger partial charge in [-0.1, -0.05) is 34.1 Å². The molecule has 0 amide bonds. The number of nitrogens with one attached hydrogen (secondary N) is 2. The highest BCUT2D eigenvalue weighted by atomic mass is 79.9. The Hall–Kier alpha value is -2.35. The summed E-state index contributed by atoms with van der Waals surface area (Å²) >= 11 is 3.62.